The van der Waals surface area contributed by atoms with Gasteiger partial charge in [-0.05, 0) is 61.9 Å². The van der Waals surface area contributed by atoms with Gasteiger partial charge in [0.15, 0.2) is 0 Å². The molecule has 4 rings (SSSR count). The lowest BCUT2D eigenvalue weighted by Gasteiger charge is -2.23. The van der Waals surface area contributed by atoms with Crippen LogP contribution in [0.4, 0.5) is 10.1 Å². The monoisotopic (exact) mass is 503 g/mol. The highest BCUT2D eigenvalue weighted by Crippen LogP contribution is 2.43. The fourth-order valence-corrected chi connectivity index (χ4v) is 3.97. The number of Topliss-reactive ketones (excluding diaryl/α,β-unsaturated/α-hetero) is 1. The molecule has 158 valence electrons. The molecule has 0 radical (unpaired) electrons. The van der Waals surface area contributed by atoms with E-state index in [-0.39, 0.29) is 27.8 Å². The highest BCUT2D eigenvalue weighted by atomic mass is 79.9. The van der Waals surface area contributed by atoms with Gasteiger partial charge in [-0.25, -0.2) is 4.39 Å². The second-order valence-electron chi connectivity index (χ2n) is 7.18. The Morgan fingerprint density at radius 2 is 1.87 bits per heavy atom. The van der Waals surface area contributed by atoms with Gasteiger partial charge in [0.05, 0.1) is 10.6 Å². The van der Waals surface area contributed by atoms with Crippen molar-refractivity contribution in [1.29, 1.82) is 0 Å². The first-order valence-electron chi connectivity index (χ1n) is 9.28. The van der Waals surface area contributed by atoms with Crippen molar-refractivity contribution in [3.8, 4) is 0 Å². The molecule has 0 bridgehead atoms. The molecule has 2 aromatic carbocycles. The number of furan rings is 1. The Kier molecular flexibility index (Phi) is 5.49. The molecule has 1 amide bonds. The summed E-state index contributed by atoms with van der Waals surface area (Å²) in [6.07, 6.45) is 0. The van der Waals surface area contributed by atoms with E-state index >= 15 is 0 Å². The van der Waals surface area contributed by atoms with Crippen LogP contribution in [-0.4, -0.2) is 16.8 Å². The van der Waals surface area contributed by atoms with Gasteiger partial charge in [0.25, 0.3) is 11.7 Å². The standard InChI is InChI=1S/C23H16BrClFNO4/c1-11-9-13(4-6-15(11)24)21(28)19-20(18-8-3-12(2)31-18)27(23(30)22(19)29)14-5-7-17(26)16(25)10-14/h3-10,20,28H,1-2H3/b21-19-. The van der Waals surface area contributed by atoms with Crippen LogP contribution in [0.15, 0.2) is 63.0 Å². The molecule has 8 heteroatoms. The molecule has 1 atom stereocenters. The first kappa shape index (κ1) is 21.3. The quantitative estimate of drug-likeness (QED) is 0.267. The van der Waals surface area contributed by atoms with Crippen molar-refractivity contribution < 1.29 is 23.5 Å². The maximum atomic E-state index is 13.7. The Hall–Kier alpha value is -2.90. The maximum absolute atomic E-state index is 13.7. The molecular formula is C23H16BrClFNO4. The van der Waals surface area contributed by atoms with Crippen molar-refractivity contribution in [2.75, 3.05) is 4.90 Å². The van der Waals surface area contributed by atoms with Gasteiger partial charge in [-0.2, -0.15) is 0 Å². The average molecular weight is 505 g/mol. The molecule has 2 heterocycles. The zero-order chi connectivity index (χ0) is 22.4. The van der Waals surface area contributed by atoms with E-state index in [1.54, 1.807) is 37.3 Å². The minimum absolute atomic E-state index is 0.124. The SMILES string of the molecule is Cc1ccc(C2/C(=C(/O)c3ccc(Br)c(C)c3)C(=O)C(=O)N2c2ccc(F)c(Cl)c2)o1. The van der Waals surface area contributed by atoms with Gasteiger partial charge < -0.3 is 9.52 Å². The number of aliphatic hydroxyl groups is 1. The van der Waals surface area contributed by atoms with E-state index in [0.29, 0.717) is 11.3 Å². The van der Waals surface area contributed by atoms with Crippen molar-refractivity contribution in [2.24, 2.45) is 0 Å². The van der Waals surface area contributed by atoms with Crippen molar-refractivity contribution in [1.82, 2.24) is 0 Å². The van der Waals surface area contributed by atoms with Crippen molar-refractivity contribution >= 4 is 50.7 Å². The number of nitrogens with zero attached hydrogens (tertiary/aromatic N) is 1. The molecule has 1 aliphatic heterocycles. The maximum Gasteiger partial charge on any atom is 0.300 e. The molecular weight excluding hydrogens is 489 g/mol. The van der Waals surface area contributed by atoms with Crippen LogP contribution < -0.4 is 4.90 Å². The van der Waals surface area contributed by atoms with E-state index in [1.807, 2.05) is 6.92 Å². The average Bonchev–Trinajstić information content (AvgIpc) is 3.27. The van der Waals surface area contributed by atoms with E-state index in [0.717, 1.165) is 21.0 Å². The first-order valence-corrected chi connectivity index (χ1v) is 10.4. The van der Waals surface area contributed by atoms with Crippen LogP contribution in [0.25, 0.3) is 5.76 Å². The number of rotatable bonds is 3. The number of hydrogen-bond donors (Lipinski definition) is 1. The molecule has 0 saturated carbocycles. The van der Waals surface area contributed by atoms with Crippen LogP contribution in [0.1, 0.15) is 28.7 Å². The van der Waals surface area contributed by atoms with Crippen LogP contribution >= 0.6 is 27.5 Å². The van der Waals surface area contributed by atoms with Crippen LogP contribution in [-0.2, 0) is 9.59 Å². The van der Waals surface area contributed by atoms with Crippen molar-refractivity contribution in [3.63, 3.8) is 0 Å². The molecule has 1 fully saturated rings. The second-order valence-corrected chi connectivity index (χ2v) is 8.44. The van der Waals surface area contributed by atoms with Crippen LogP contribution in [0.5, 0.6) is 0 Å². The first-order chi connectivity index (χ1) is 14.7. The van der Waals surface area contributed by atoms with Crippen molar-refractivity contribution in [3.05, 3.63) is 92.1 Å². The molecule has 31 heavy (non-hydrogen) atoms. The highest BCUT2D eigenvalue weighted by molar-refractivity contribution is 9.10. The predicted molar refractivity (Wildman–Crippen MR) is 119 cm³/mol. The van der Waals surface area contributed by atoms with Gasteiger partial charge in [-0.3, -0.25) is 14.5 Å². The number of carbonyl (C=O) groups excluding carboxylic acids is 2. The summed E-state index contributed by atoms with van der Waals surface area (Å²) >= 11 is 9.32. The van der Waals surface area contributed by atoms with Gasteiger partial charge in [0, 0.05) is 15.7 Å². The number of carbonyl (C=O) groups is 2. The van der Waals surface area contributed by atoms with Gasteiger partial charge in [-0.15, -0.1) is 0 Å². The fraction of sp³-hybridized carbons (Fsp3) is 0.130. The summed E-state index contributed by atoms with van der Waals surface area (Å²) < 4.78 is 20.3. The predicted octanol–water partition coefficient (Wildman–Crippen LogP) is 6.08. The topological polar surface area (TPSA) is 70.8 Å². The molecule has 5 nitrogen and oxygen atoms in total. The van der Waals surface area contributed by atoms with Crippen LogP contribution in [0.2, 0.25) is 5.02 Å². The highest BCUT2D eigenvalue weighted by Gasteiger charge is 2.48. The molecule has 1 aliphatic rings. The molecule has 1 N–H and O–H groups in total. The Labute approximate surface area is 190 Å². The summed E-state index contributed by atoms with van der Waals surface area (Å²) in [6, 6.07) is 11.1. The van der Waals surface area contributed by atoms with E-state index in [1.165, 1.54) is 12.1 Å². The number of amides is 1. The van der Waals surface area contributed by atoms with E-state index in [2.05, 4.69) is 15.9 Å². The molecule has 0 aliphatic carbocycles. The normalized spacial score (nSPS) is 18.1. The third-order valence-electron chi connectivity index (χ3n) is 5.09. The summed E-state index contributed by atoms with van der Waals surface area (Å²) in [5, 5.41) is 10.9. The minimum atomic E-state index is -1.04. The minimum Gasteiger partial charge on any atom is -0.507 e. The molecule has 0 spiro atoms. The number of aliphatic hydroxyl groups excluding tert-OH is 1. The fourth-order valence-electron chi connectivity index (χ4n) is 3.55. The molecule has 1 aromatic heterocycles. The van der Waals surface area contributed by atoms with Crippen molar-refractivity contribution in [2.45, 2.75) is 19.9 Å². The third-order valence-corrected chi connectivity index (χ3v) is 6.27. The Bertz CT molecular complexity index is 1270. The number of benzene rings is 2. The van der Waals surface area contributed by atoms with Gasteiger partial charge in [0.2, 0.25) is 0 Å². The van der Waals surface area contributed by atoms with E-state index in [9.17, 15) is 19.1 Å². The van der Waals surface area contributed by atoms with Crippen LogP contribution in [0.3, 0.4) is 0 Å². The molecule has 1 unspecified atom stereocenters. The number of ketones is 1. The van der Waals surface area contributed by atoms with E-state index in [4.69, 9.17) is 16.0 Å². The summed E-state index contributed by atoms with van der Waals surface area (Å²) in [5.41, 5.74) is 1.30. The van der Waals surface area contributed by atoms with Gasteiger partial charge in [-0.1, -0.05) is 33.6 Å². The number of anilines is 1. The lowest BCUT2D eigenvalue weighted by molar-refractivity contribution is -0.132. The summed E-state index contributed by atoms with van der Waals surface area (Å²) in [5.74, 6) is -1.89. The Morgan fingerprint density at radius 3 is 2.48 bits per heavy atom. The smallest absolute Gasteiger partial charge is 0.300 e. The lowest BCUT2D eigenvalue weighted by Crippen LogP contribution is -2.29. The van der Waals surface area contributed by atoms with Crippen LogP contribution in [0, 0.1) is 19.7 Å². The number of halogens is 3. The summed E-state index contributed by atoms with van der Waals surface area (Å²) in [6.45, 7) is 3.57. The Morgan fingerprint density at radius 1 is 1.13 bits per heavy atom. The Balaban J connectivity index is 1.95. The van der Waals surface area contributed by atoms with Gasteiger partial charge >= 0.3 is 0 Å². The third kappa shape index (κ3) is 3.68. The molecule has 1 saturated heterocycles. The zero-order valence-corrected chi connectivity index (χ0v) is 18.8. The van der Waals surface area contributed by atoms with Gasteiger partial charge in [0.1, 0.15) is 29.1 Å². The van der Waals surface area contributed by atoms with E-state index < -0.39 is 23.5 Å². The lowest BCUT2D eigenvalue weighted by atomic mass is 9.98. The largest absolute Gasteiger partial charge is 0.507 e. The zero-order valence-electron chi connectivity index (χ0n) is 16.4. The number of hydrogen-bond acceptors (Lipinski definition) is 4. The summed E-state index contributed by atoms with van der Waals surface area (Å²) in [4.78, 5) is 27.2. The number of aryl methyl sites for hydroxylation is 2. The molecule has 3 aromatic rings. The second kappa shape index (κ2) is 7.98. The summed E-state index contributed by atoms with van der Waals surface area (Å²) in [7, 11) is 0.